The van der Waals surface area contributed by atoms with Crippen molar-refractivity contribution < 1.29 is 0 Å². The third-order valence-corrected chi connectivity index (χ3v) is 0.236. The van der Waals surface area contributed by atoms with Crippen molar-refractivity contribution in [2.75, 3.05) is 0 Å². The van der Waals surface area contributed by atoms with Gasteiger partial charge in [0.05, 0.1) is 18.6 Å². The summed E-state index contributed by atoms with van der Waals surface area (Å²) >= 11 is 0. The molecule has 0 atom stereocenters. The maximum absolute atomic E-state index is 7.74. The van der Waals surface area contributed by atoms with Crippen LogP contribution in [0.4, 0.5) is 0 Å². The number of allylic oxidation sites excluding steroid dienone is 1. The van der Waals surface area contributed by atoms with Gasteiger partial charge in [0, 0.05) is 6.92 Å². The van der Waals surface area contributed by atoms with E-state index in [0.29, 0.717) is 6.42 Å². The molecule has 8 heavy (non-hydrogen) atoms. The minimum Gasteiger partial charge on any atom is -0.199 e. The average Bonchev–Trinajstić information content (AvgIpc) is 1.71. The average molecular weight is 108 g/mol. The Balaban J connectivity index is 0. The number of nitriles is 2. The van der Waals surface area contributed by atoms with Crippen LogP contribution < -0.4 is 0 Å². The first kappa shape index (κ1) is 9.87. The molecule has 0 amide bonds. The van der Waals surface area contributed by atoms with Crippen LogP contribution in [0.3, 0.4) is 0 Å². The van der Waals surface area contributed by atoms with Crippen LogP contribution in [0.15, 0.2) is 12.7 Å². The lowest BCUT2D eigenvalue weighted by Crippen LogP contribution is -1.45. The van der Waals surface area contributed by atoms with Crippen molar-refractivity contribution in [2.45, 2.75) is 13.3 Å². The Hall–Kier alpha value is -1.28. The molecule has 0 aromatic rings. The highest BCUT2D eigenvalue weighted by Crippen LogP contribution is 1.67. The highest BCUT2D eigenvalue weighted by Gasteiger charge is 1.56. The van der Waals surface area contributed by atoms with E-state index in [1.165, 1.54) is 6.92 Å². The zero-order valence-electron chi connectivity index (χ0n) is 4.89. The molecule has 0 saturated carbocycles. The second-order valence-electron chi connectivity index (χ2n) is 0.875. The van der Waals surface area contributed by atoms with Gasteiger partial charge in [0.15, 0.2) is 0 Å². The molecule has 0 unspecified atom stereocenters. The van der Waals surface area contributed by atoms with E-state index in [-0.39, 0.29) is 0 Å². The summed E-state index contributed by atoms with van der Waals surface area (Å²) in [6, 6.07) is 3.65. The Bertz CT molecular complexity index is 113. The largest absolute Gasteiger partial charge is 0.199 e. The monoisotopic (exact) mass is 108 g/mol. The van der Waals surface area contributed by atoms with Gasteiger partial charge in [0.25, 0.3) is 0 Å². The predicted octanol–water partition coefficient (Wildman–Crippen LogP) is 1.62. The maximum atomic E-state index is 7.74. The molecule has 0 aromatic carbocycles. The highest BCUT2D eigenvalue weighted by atomic mass is 14.2. The molecule has 0 saturated heterocycles. The molecule has 0 radical (unpaired) electrons. The van der Waals surface area contributed by atoms with E-state index in [4.69, 9.17) is 10.5 Å². The summed E-state index contributed by atoms with van der Waals surface area (Å²) in [6.07, 6.45) is 2.03. The number of rotatable bonds is 1. The Morgan fingerprint density at radius 3 is 2.00 bits per heavy atom. The standard InChI is InChI=1S/C4H5N.C2H3N/c1-2-3-4-5;1-2-3/h2H,1,3H2;1H3. The summed E-state index contributed by atoms with van der Waals surface area (Å²) in [6.45, 7) is 4.76. The Morgan fingerprint density at radius 1 is 1.62 bits per heavy atom. The van der Waals surface area contributed by atoms with Gasteiger partial charge in [-0.05, 0) is 0 Å². The number of hydrogen-bond acceptors (Lipinski definition) is 2. The molecule has 0 heterocycles. The molecule has 0 aliphatic rings. The summed E-state index contributed by atoms with van der Waals surface area (Å²) in [5.74, 6) is 0. The van der Waals surface area contributed by atoms with Crippen LogP contribution in [0.2, 0.25) is 0 Å². The first-order chi connectivity index (χ1) is 3.83. The normalized spacial score (nSPS) is 4.38. The zero-order chi connectivity index (χ0) is 6.83. The third-order valence-electron chi connectivity index (χ3n) is 0.236. The Labute approximate surface area is 49.7 Å². The van der Waals surface area contributed by atoms with Gasteiger partial charge in [-0.2, -0.15) is 10.5 Å². The molecule has 42 valence electrons. The van der Waals surface area contributed by atoms with Gasteiger partial charge in [0.1, 0.15) is 0 Å². The van der Waals surface area contributed by atoms with E-state index < -0.39 is 0 Å². The molecule has 0 bridgehead atoms. The van der Waals surface area contributed by atoms with E-state index in [2.05, 4.69) is 6.58 Å². The lowest BCUT2D eigenvalue weighted by atomic mass is 10.5. The Kier molecular flexibility index (Phi) is 21.2. The highest BCUT2D eigenvalue weighted by molar-refractivity contribution is 4.82. The molecule has 0 aliphatic carbocycles. The summed E-state index contributed by atoms with van der Waals surface area (Å²) in [5, 5.41) is 15.1. The van der Waals surface area contributed by atoms with Crippen LogP contribution in [-0.2, 0) is 0 Å². The summed E-state index contributed by atoms with van der Waals surface area (Å²) in [4.78, 5) is 0. The molecule has 0 aliphatic heterocycles. The second kappa shape index (κ2) is 17.2. The topological polar surface area (TPSA) is 47.6 Å². The van der Waals surface area contributed by atoms with E-state index in [9.17, 15) is 0 Å². The lowest BCUT2D eigenvalue weighted by molar-refractivity contribution is 1.36. The molecule has 2 nitrogen and oxygen atoms in total. The third kappa shape index (κ3) is 126. The van der Waals surface area contributed by atoms with E-state index in [1.54, 1.807) is 12.1 Å². The van der Waals surface area contributed by atoms with Crippen molar-refractivity contribution in [3.63, 3.8) is 0 Å². The fraction of sp³-hybridized carbons (Fsp3) is 0.333. The van der Waals surface area contributed by atoms with Crippen molar-refractivity contribution in [1.29, 1.82) is 10.5 Å². The van der Waals surface area contributed by atoms with Crippen molar-refractivity contribution >= 4 is 0 Å². The summed E-state index contributed by atoms with van der Waals surface area (Å²) in [7, 11) is 0. The SMILES string of the molecule is C=CCC#N.CC#N. The quantitative estimate of drug-likeness (QED) is 0.479. The van der Waals surface area contributed by atoms with E-state index in [1.807, 2.05) is 6.07 Å². The molecular weight excluding hydrogens is 100 g/mol. The second-order valence-corrected chi connectivity index (χ2v) is 0.875. The van der Waals surface area contributed by atoms with Crippen LogP contribution in [0.1, 0.15) is 13.3 Å². The maximum Gasteiger partial charge on any atom is 0.0663 e. The minimum absolute atomic E-state index is 0.458. The van der Waals surface area contributed by atoms with Crippen LogP contribution in [0, 0.1) is 22.7 Å². The lowest BCUT2D eigenvalue weighted by Gasteiger charge is -1.55. The van der Waals surface area contributed by atoms with Crippen molar-refractivity contribution in [3.05, 3.63) is 12.7 Å². The van der Waals surface area contributed by atoms with Crippen molar-refractivity contribution in [1.82, 2.24) is 0 Å². The van der Waals surface area contributed by atoms with Gasteiger partial charge in [-0.3, -0.25) is 0 Å². The zero-order valence-corrected chi connectivity index (χ0v) is 4.89. The molecule has 0 rings (SSSR count). The summed E-state index contributed by atoms with van der Waals surface area (Å²) < 4.78 is 0. The van der Waals surface area contributed by atoms with E-state index >= 15 is 0 Å². The van der Waals surface area contributed by atoms with Gasteiger partial charge in [-0.15, -0.1) is 6.58 Å². The van der Waals surface area contributed by atoms with Gasteiger partial charge < -0.3 is 0 Å². The molecule has 0 aromatic heterocycles. The van der Waals surface area contributed by atoms with Gasteiger partial charge >= 0.3 is 0 Å². The van der Waals surface area contributed by atoms with E-state index in [0.717, 1.165) is 0 Å². The van der Waals surface area contributed by atoms with Gasteiger partial charge in [-0.1, -0.05) is 6.08 Å². The van der Waals surface area contributed by atoms with Crippen LogP contribution >= 0.6 is 0 Å². The summed E-state index contributed by atoms with van der Waals surface area (Å²) in [5.41, 5.74) is 0. The predicted molar refractivity (Wildman–Crippen MR) is 31.7 cm³/mol. The van der Waals surface area contributed by atoms with Crippen LogP contribution in [0.5, 0.6) is 0 Å². The molecule has 0 spiro atoms. The van der Waals surface area contributed by atoms with Crippen LogP contribution in [0.25, 0.3) is 0 Å². The number of hydrogen-bond donors (Lipinski definition) is 0. The van der Waals surface area contributed by atoms with Crippen molar-refractivity contribution in [2.24, 2.45) is 0 Å². The number of nitrogens with zero attached hydrogens (tertiary/aromatic N) is 2. The molecular formula is C6H8N2. The van der Waals surface area contributed by atoms with Crippen molar-refractivity contribution in [3.8, 4) is 12.1 Å². The smallest absolute Gasteiger partial charge is 0.0663 e. The fourth-order valence-electron chi connectivity index (χ4n) is 0.0645. The molecule has 0 N–H and O–H groups in total. The molecule has 2 heteroatoms. The minimum atomic E-state index is 0.458. The first-order valence-corrected chi connectivity index (χ1v) is 2.12. The van der Waals surface area contributed by atoms with Gasteiger partial charge in [-0.25, -0.2) is 0 Å². The fourth-order valence-corrected chi connectivity index (χ4v) is 0.0645. The van der Waals surface area contributed by atoms with Gasteiger partial charge in [0.2, 0.25) is 0 Å². The molecule has 0 fully saturated rings. The first-order valence-electron chi connectivity index (χ1n) is 2.12. The Morgan fingerprint density at radius 2 is 2.00 bits per heavy atom. The van der Waals surface area contributed by atoms with Crippen LogP contribution in [-0.4, -0.2) is 0 Å².